The number of carbonyl (C=O) groups excluding carboxylic acids is 1. The van der Waals surface area contributed by atoms with Gasteiger partial charge in [0.2, 0.25) is 0 Å². The van der Waals surface area contributed by atoms with Crippen LogP contribution in [0.5, 0.6) is 5.75 Å². The number of nitrogens with one attached hydrogen (secondary N) is 1. The van der Waals surface area contributed by atoms with Crippen LogP contribution in [0.25, 0.3) is 0 Å². The maximum absolute atomic E-state index is 13.1. The van der Waals surface area contributed by atoms with Crippen LogP contribution in [-0.2, 0) is 24.4 Å². The van der Waals surface area contributed by atoms with Crippen molar-refractivity contribution in [3.63, 3.8) is 0 Å². The lowest BCUT2D eigenvalue weighted by molar-refractivity contribution is -0.00180. The van der Waals surface area contributed by atoms with Crippen molar-refractivity contribution in [2.75, 3.05) is 7.11 Å². The summed E-state index contributed by atoms with van der Waals surface area (Å²) in [5.41, 5.74) is 2.58. The first-order chi connectivity index (χ1) is 13.7. The van der Waals surface area contributed by atoms with Crippen LogP contribution in [0, 0.1) is 5.82 Å². The SMILES string of the molecule is COc1ccccc1CNC(=O)c1nnn2c1CO[C@@H](c1ccc(F)cc1)C2. The molecule has 3 aromatic rings. The number of carbonyl (C=O) groups is 1. The van der Waals surface area contributed by atoms with Crippen LogP contribution in [0.2, 0.25) is 0 Å². The van der Waals surface area contributed by atoms with E-state index >= 15 is 0 Å². The van der Waals surface area contributed by atoms with Crippen molar-refractivity contribution in [3.8, 4) is 5.75 Å². The maximum atomic E-state index is 13.1. The van der Waals surface area contributed by atoms with E-state index in [1.807, 2.05) is 24.3 Å². The van der Waals surface area contributed by atoms with Crippen molar-refractivity contribution in [2.45, 2.75) is 25.8 Å². The standard InChI is InChI=1S/C20H19FN4O3/c1-27-17-5-3-2-4-14(17)10-22-20(26)19-16-12-28-18(11-25(16)24-23-19)13-6-8-15(21)9-7-13/h2-9,18H,10-12H2,1H3,(H,22,26)/t18-/m1/s1. The van der Waals surface area contributed by atoms with Gasteiger partial charge in [0.25, 0.3) is 5.91 Å². The molecule has 0 saturated heterocycles. The fraction of sp³-hybridized carbons (Fsp3) is 0.250. The molecular formula is C20H19FN4O3. The minimum atomic E-state index is -0.323. The van der Waals surface area contributed by atoms with Gasteiger partial charge in [-0.05, 0) is 23.8 Å². The summed E-state index contributed by atoms with van der Waals surface area (Å²) in [6.45, 7) is 0.925. The Labute approximate surface area is 161 Å². The zero-order chi connectivity index (χ0) is 19.5. The fourth-order valence-electron chi connectivity index (χ4n) is 3.18. The van der Waals surface area contributed by atoms with Gasteiger partial charge in [0.1, 0.15) is 17.7 Å². The van der Waals surface area contributed by atoms with Crippen molar-refractivity contribution in [3.05, 3.63) is 76.9 Å². The number of amides is 1. The van der Waals surface area contributed by atoms with Crippen molar-refractivity contribution in [2.24, 2.45) is 0 Å². The van der Waals surface area contributed by atoms with Gasteiger partial charge in [-0.3, -0.25) is 4.79 Å². The van der Waals surface area contributed by atoms with Crippen LogP contribution >= 0.6 is 0 Å². The number of methoxy groups -OCH3 is 1. The van der Waals surface area contributed by atoms with Gasteiger partial charge in [0.15, 0.2) is 5.69 Å². The summed E-state index contributed by atoms with van der Waals surface area (Å²) in [6.07, 6.45) is -0.265. The molecule has 2 heterocycles. The highest BCUT2D eigenvalue weighted by atomic mass is 19.1. The number of rotatable bonds is 5. The van der Waals surface area contributed by atoms with Crippen LogP contribution in [0.15, 0.2) is 48.5 Å². The Balaban J connectivity index is 1.45. The molecule has 28 heavy (non-hydrogen) atoms. The molecule has 0 aliphatic carbocycles. The molecule has 0 bridgehead atoms. The van der Waals surface area contributed by atoms with Crippen LogP contribution in [0.4, 0.5) is 4.39 Å². The number of ether oxygens (including phenoxy) is 2. The summed E-state index contributed by atoms with van der Waals surface area (Å²) in [6, 6.07) is 13.6. The van der Waals surface area contributed by atoms with Crippen LogP contribution in [0.3, 0.4) is 0 Å². The highest BCUT2D eigenvalue weighted by molar-refractivity contribution is 5.93. The highest BCUT2D eigenvalue weighted by Gasteiger charge is 2.27. The van der Waals surface area contributed by atoms with E-state index in [0.29, 0.717) is 24.5 Å². The molecule has 0 fully saturated rings. The second kappa shape index (κ2) is 7.77. The van der Waals surface area contributed by atoms with Gasteiger partial charge in [-0.25, -0.2) is 9.07 Å². The highest BCUT2D eigenvalue weighted by Crippen LogP contribution is 2.27. The summed E-state index contributed by atoms with van der Waals surface area (Å²) in [4.78, 5) is 12.6. The molecule has 4 rings (SSSR count). The number of aromatic nitrogens is 3. The van der Waals surface area contributed by atoms with E-state index in [0.717, 1.165) is 11.1 Å². The van der Waals surface area contributed by atoms with Crippen LogP contribution < -0.4 is 10.1 Å². The molecule has 0 radical (unpaired) electrons. The third kappa shape index (κ3) is 3.59. The lowest BCUT2D eigenvalue weighted by Crippen LogP contribution is -2.27. The predicted molar refractivity (Wildman–Crippen MR) is 98.1 cm³/mol. The van der Waals surface area contributed by atoms with E-state index in [4.69, 9.17) is 9.47 Å². The monoisotopic (exact) mass is 382 g/mol. The second-order valence-electron chi connectivity index (χ2n) is 6.41. The third-order valence-corrected chi connectivity index (χ3v) is 4.69. The molecule has 144 valence electrons. The van der Waals surface area contributed by atoms with Gasteiger partial charge in [-0.15, -0.1) is 5.10 Å². The minimum absolute atomic E-state index is 0.201. The molecular weight excluding hydrogens is 363 g/mol. The van der Waals surface area contributed by atoms with Gasteiger partial charge in [0.05, 0.1) is 26.0 Å². The molecule has 0 saturated carbocycles. The molecule has 1 aromatic heterocycles. The number of nitrogens with zero attached hydrogens (tertiary/aromatic N) is 3. The quantitative estimate of drug-likeness (QED) is 0.734. The zero-order valence-electron chi connectivity index (χ0n) is 15.3. The maximum Gasteiger partial charge on any atom is 0.274 e. The molecule has 7 nitrogen and oxygen atoms in total. The molecule has 1 aliphatic rings. The first-order valence-corrected chi connectivity index (χ1v) is 8.85. The fourth-order valence-corrected chi connectivity index (χ4v) is 3.18. The predicted octanol–water partition coefficient (Wildman–Crippen LogP) is 2.63. The number of halogens is 1. The average molecular weight is 382 g/mol. The lowest BCUT2D eigenvalue weighted by Gasteiger charge is -2.24. The zero-order valence-corrected chi connectivity index (χ0v) is 15.3. The van der Waals surface area contributed by atoms with Gasteiger partial charge in [-0.1, -0.05) is 35.5 Å². The Morgan fingerprint density at radius 2 is 2.07 bits per heavy atom. The Morgan fingerprint density at radius 3 is 2.86 bits per heavy atom. The number of para-hydroxylation sites is 1. The van der Waals surface area contributed by atoms with E-state index in [1.54, 1.807) is 23.9 Å². The molecule has 1 N–H and O–H groups in total. The summed E-state index contributed by atoms with van der Waals surface area (Å²) in [5, 5.41) is 11.0. The Morgan fingerprint density at radius 1 is 1.29 bits per heavy atom. The molecule has 1 aliphatic heterocycles. The number of benzene rings is 2. The first-order valence-electron chi connectivity index (χ1n) is 8.85. The first kappa shape index (κ1) is 18.1. The van der Waals surface area contributed by atoms with Gasteiger partial charge < -0.3 is 14.8 Å². The minimum Gasteiger partial charge on any atom is -0.496 e. The van der Waals surface area contributed by atoms with E-state index in [9.17, 15) is 9.18 Å². The van der Waals surface area contributed by atoms with E-state index in [1.165, 1.54) is 12.1 Å². The largest absolute Gasteiger partial charge is 0.496 e. The smallest absolute Gasteiger partial charge is 0.274 e. The van der Waals surface area contributed by atoms with Gasteiger partial charge in [0, 0.05) is 12.1 Å². The molecule has 0 spiro atoms. The summed E-state index contributed by atoms with van der Waals surface area (Å²) < 4.78 is 25.9. The number of hydrogen-bond acceptors (Lipinski definition) is 5. The molecule has 1 atom stereocenters. The van der Waals surface area contributed by atoms with Crippen LogP contribution in [0.1, 0.15) is 33.4 Å². The topological polar surface area (TPSA) is 78.3 Å². The average Bonchev–Trinajstić information content (AvgIpc) is 3.16. The normalized spacial score (nSPS) is 15.7. The summed E-state index contributed by atoms with van der Waals surface area (Å²) >= 11 is 0. The molecule has 8 heteroatoms. The van der Waals surface area contributed by atoms with E-state index in [-0.39, 0.29) is 30.1 Å². The van der Waals surface area contributed by atoms with E-state index < -0.39 is 0 Å². The number of fused-ring (bicyclic) bond motifs is 1. The number of hydrogen-bond donors (Lipinski definition) is 1. The molecule has 2 aromatic carbocycles. The van der Waals surface area contributed by atoms with Crippen molar-refractivity contribution < 1.29 is 18.7 Å². The van der Waals surface area contributed by atoms with Crippen molar-refractivity contribution >= 4 is 5.91 Å². The molecule has 0 unspecified atom stereocenters. The lowest BCUT2D eigenvalue weighted by atomic mass is 10.1. The van der Waals surface area contributed by atoms with Gasteiger partial charge >= 0.3 is 0 Å². The molecule has 1 amide bonds. The Kier molecular flexibility index (Phi) is 5.03. The third-order valence-electron chi connectivity index (χ3n) is 4.69. The second-order valence-corrected chi connectivity index (χ2v) is 6.41. The van der Waals surface area contributed by atoms with Crippen molar-refractivity contribution in [1.29, 1.82) is 0 Å². The Hall–Kier alpha value is -3.26. The van der Waals surface area contributed by atoms with Crippen LogP contribution in [-0.4, -0.2) is 28.0 Å². The summed E-state index contributed by atoms with van der Waals surface area (Å²) in [7, 11) is 1.59. The van der Waals surface area contributed by atoms with Gasteiger partial charge in [-0.2, -0.15) is 0 Å². The van der Waals surface area contributed by atoms with Crippen molar-refractivity contribution in [1.82, 2.24) is 20.3 Å². The Bertz CT molecular complexity index is 987. The summed E-state index contributed by atoms with van der Waals surface area (Å²) in [5.74, 6) is 0.0873. The van der Waals surface area contributed by atoms with E-state index in [2.05, 4.69) is 15.6 Å².